The molecule has 3 fully saturated rings. The van der Waals surface area contributed by atoms with Gasteiger partial charge in [0.15, 0.2) is 5.78 Å². The number of benzene rings is 1. The van der Waals surface area contributed by atoms with Gasteiger partial charge in [0, 0.05) is 18.4 Å². The summed E-state index contributed by atoms with van der Waals surface area (Å²) < 4.78 is 0. The molecule has 146 valence electrons. The third-order valence-electron chi connectivity index (χ3n) is 5.92. The van der Waals surface area contributed by atoms with E-state index in [0.29, 0.717) is 18.0 Å². The van der Waals surface area contributed by atoms with Crippen LogP contribution < -0.4 is 0 Å². The molecular weight excluding hydrogens is 374 g/mol. The van der Waals surface area contributed by atoms with Crippen molar-refractivity contribution in [2.45, 2.75) is 19.3 Å². The predicted molar refractivity (Wildman–Crippen MR) is 110 cm³/mol. The zero-order valence-corrected chi connectivity index (χ0v) is 16.3. The van der Waals surface area contributed by atoms with Crippen LogP contribution in [0, 0.1) is 11.8 Å². The number of hydrogen-bond donors (Lipinski definition) is 2. The summed E-state index contributed by atoms with van der Waals surface area (Å²) in [6.07, 6.45) is 3.14. The lowest BCUT2D eigenvalue weighted by molar-refractivity contribution is -0.122. The highest BCUT2D eigenvalue weighted by molar-refractivity contribution is 7.08. The zero-order chi connectivity index (χ0) is 19.5. The summed E-state index contributed by atoms with van der Waals surface area (Å²) in [7, 11) is 0. The molecule has 0 amide bonds. The first-order valence-electron chi connectivity index (χ1n) is 9.53. The molecule has 1 aromatic carbocycles. The van der Waals surface area contributed by atoms with Gasteiger partial charge in [-0.05, 0) is 77.9 Å². The highest BCUT2D eigenvalue weighted by Crippen LogP contribution is 2.35. The Morgan fingerprint density at radius 3 is 2.71 bits per heavy atom. The smallest absolute Gasteiger partial charge is 0.290 e. The van der Waals surface area contributed by atoms with Crippen molar-refractivity contribution >= 4 is 34.5 Å². The van der Waals surface area contributed by atoms with Gasteiger partial charge in [0.25, 0.3) is 6.47 Å². The van der Waals surface area contributed by atoms with Crippen LogP contribution in [0.1, 0.15) is 29.8 Å². The number of piperidine rings is 3. The Labute approximate surface area is 167 Å². The van der Waals surface area contributed by atoms with Gasteiger partial charge in [0.1, 0.15) is 5.69 Å². The molecule has 6 rings (SSSR count). The number of thiophene rings is 1. The molecule has 2 bridgehead atoms. The summed E-state index contributed by atoms with van der Waals surface area (Å²) in [4.78, 5) is 23.7. The topological polar surface area (TPSA) is 86.3 Å². The Balaban J connectivity index is 0.000000604. The first-order valence-corrected chi connectivity index (χ1v) is 10.5. The van der Waals surface area contributed by atoms with Crippen molar-refractivity contribution in [1.29, 1.82) is 0 Å². The van der Waals surface area contributed by atoms with Crippen molar-refractivity contribution in [2.24, 2.45) is 11.8 Å². The number of rotatable bonds is 4. The number of H-pyrrole nitrogens is 1. The van der Waals surface area contributed by atoms with E-state index in [1.807, 2.05) is 6.07 Å². The Morgan fingerprint density at radius 2 is 2.07 bits per heavy atom. The summed E-state index contributed by atoms with van der Waals surface area (Å²) in [6, 6.07) is 8.33. The lowest BCUT2D eigenvalue weighted by Crippen LogP contribution is -2.47. The largest absolute Gasteiger partial charge is 0.483 e. The van der Waals surface area contributed by atoms with Gasteiger partial charge in [0.2, 0.25) is 0 Å². The molecule has 5 heterocycles. The SMILES string of the molecule is O=C(C[C@H]1CN2CCC1CC2)c1n[nH]c2cc(-c3ccsc3)ccc12.O=CO. The molecule has 0 radical (unpaired) electrons. The normalized spacial score (nSPS) is 23.2. The molecule has 3 aromatic rings. The molecule has 0 spiro atoms. The van der Waals surface area contributed by atoms with E-state index >= 15 is 0 Å². The average Bonchev–Trinajstić information content (AvgIpc) is 3.39. The second-order valence-electron chi connectivity index (χ2n) is 7.48. The van der Waals surface area contributed by atoms with Gasteiger partial charge in [0.05, 0.1) is 5.52 Å². The molecule has 3 aliphatic heterocycles. The van der Waals surface area contributed by atoms with Crippen molar-refractivity contribution in [1.82, 2.24) is 15.1 Å². The van der Waals surface area contributed by atoms with Gasteiger partial charge in [-0.15, -0.1) is 0 Å². The quantitative estimate of drug-likeness (QED) is 0.515. The molecule has 28 heavy (non-hydrogen) atoms. The molecule has 0 unspecified atom stereocenters. The van der Waals surface area contributed by atoms with E-state index in [0.717, 1.165) is 28.9 Å². The minimum atomic E-state index is -0.250. The van der Waals surface area contributed by atoms with Crippen LogP contribution in [0.5, 0.6) is 0 Å². The molecule has 2 aromatic heterocycles. The van der Waals surface area contributed by atoms with Crippen molar-refractivity contribution < 1.29 is 14.7 Å². The molecule has 6 nitrogen and oxygen atoms in total. The lowest BCUT2D eigenvalue weighted by Gasteiger charge is -2.44. The van der Waals surface area contributed by atoms with Gasteiger partial charge >= 0.3 is 0 Å². The highest BCUT2D eigenvalue weighted by Gasteiger charge is 2.35. The monoisotopic (exact) mass is 397 g/mol. The Hall–Kier alpha value is -2.51. The van der Waals surface area contributed by atoms with Crippen LogP contribution in [0.25, 0.3) is 22.0 Å². The van der Waals surface area contributed by atoms with Crippen LogP contribution in [-0.4, -0.2) is 52.1 Å². The van der Waals surface area contributed by atoms with Crippen LogP contribution in [0.15, 0.2) is 35.0 Å². The molecule has 3 saturated heterocycles. The van der Waals surface area contributed by atoms with E-state index in [1.165, 1.54) is 31.5 Å². The average molecular weight is 398 g/mol. The lowest BCUT2D eigenvalue weighted by atomic mass is 9.76. The van der Waals surface area contributed by atoms with E-state index in [9.17, 15) is 4.79 Å². The van der Waals surface area contributed by atoms with Crippen molar-refractivity contribution in [3.8, 4) is 11.1 Å². The van der Waals surface area contributed by atoms with Crippen LogP contribution in [0.4, 0.5) is 0 Å². The number of Topliss-reactive ketones (excluding diaryl/α,β-unsaturated/α-hetero) is 1. The van der Waals surface area contributed by atoms with E-state index in [2.05, 4.69) is 44.1 Å². The van der Waals surface area contributed by atoms with Crippen molar-refractivity contribution in [3.05, 3.63) is 40.7 Å². The number of carboxylic acid groups (broad SMARTS) is 1. The first-order chi connectivity index (χ1) is 13.7. The van der Waals surface area contributed by atoms with Gasteiger partial charge in [-0.1, -0.05) is 6.07 Å². The maximum atomic E-state index is 12.9. The van der Waals surface area contributed by atoms with E-state index in [4.69, 9.17) is 9.90 Å². The van der Waals surface area contributed by atoms with E-state index in [-0.39, 0.29) is 12.3 Å². The fourth-order valence-corrected chi connectivity index (χ4v) is 5.16. The summed E-state index contributed by atoms with van der Waals surface area (Å²) in [5, 5.41) is 19.5. The summed E-state index contributed by atoms with van der Waals surface area (Å²) in [6.45, 7) is 3.26. The van der Waals surface area contributed by atoms with Gasteiger partial charge in [-0.2, -0.15) is 16.4 Å². The number of ketones is 1. The predicted octanol–water partition coefficient (Wildman–Crippen LogP) is 3.91. The molecule has 3 aliphatic rings. The molecule has 2 N–H and O–H groups in total. The molecule has 0 aliphatic carbocycles. The van der Waals surface area contributed by atoms with Crippen LogP contribution in [0.2, 0.25) is 0 Å². The fourth-order valence-electron chi connectivity index (χ4n) is 4.49. The maximum Gasteiger partial charge on any atom is 0.290 e. The summed E-state index contributed by atoms with van der Waals surface area (Å²) in [5.74, 6) is 1.42. The fraction of sp³-hybridized carbons (Fsp3) is 0.381. The number of carbonyl (C=O) groups is 2. The first kappa shape index (κ1) is 18.8. The molecule has 1 atom stereocenters. The Bertz CT molecular complexity index is 959. The molecule has 7 heteroatoms. The Kier molecular flexibility index (Phi) is 5.54. The number of aromatic nitrogens is 2. The van der Waals surface area contributed by atoms with Crippen molar-refractivity contribution in [3.63, 3.8) is 0 Å². The number of nitrogens with one attached hydrogen (secondary N) is 1. The van der Waals surface area contributed by atoms with Gasteiger partial charge < -0.3 is 10.0 Å². The number of carbonyl (C=O) groups excluding carboxylic acids is 1. The third kappa shape index (κ3) is 3.72. The number of hydrogen-bond acceptors (Lipinski definition) is 5. The van der Waals surface area contributed by atoms with Crippen LogP contribution in [-0.2, 0) is 4.79 Å². The molecule has 0 saturated carbocycles. The second-order valence-corrected chi connectivity index (χ2v) is 8.26. The number of fused-ring (bicyclic) bond motifs is 4. The number of nitrogens with zero attached hydrogens (tertiary/aromatic N) is 2. The van der Waals surface area contributed by atoms with Gasteiger partial charge in [-0.25, -0.2) is 0 Å². The standard InChI is InChI=1S/C20H21N3OS.CH2O2/c24-19(10-16-11-23-6-3-13(16)4-7-23)20-17-2-1-14(9-18(17)21-22-20)15-5-8-25-12-15;2-1-3/h1-2,5,8-9,12-13,16H,3-4,6-7,10-11H2,(H,21,22);1H,(H,2,3)/t16-;/m0./s1. The van der Waals surface area contributed by atoms with E-state index < -0.39 is 0 Å². The zero-order valence-electron chi connectivity index (χ0n) is 15.5. The minimum absolute atomic E-state index is 0.188. The maximum absolute atomic E-state index is 12.9. The second kappa shape index (κ2) is 8.24. The minimum Gasteiger partial charge on any atom is -0.483 e. The Morgan fingerprint density at radius 1 is 1.29 bits per heavy atom. The van der Waals surface area contributed by atoms with Crippen molar-refractivity contribution in [2.75, 3.05) is 19.6 Å². The third-order valence-corrected chi connectivity index (χ3v) is 6.60. The molecular formula is C21H23N3O3S. The number of aromatic amines is 1. The summed E-state index contributed by atoms with van der Waals surface area (Å²) >= 11 is 1.69. The van der Waals surface area contributed by atoms with Gasteiger partial charge in [-0.3, -0.25) is 14.7 Å². The van der Waals surface area contributed by atoms with E-state index in [1.54, 1.807) is 11.3 Å². The van der Waals surface area contributed by atoms with Crippen LogP contribution >= 0.6 is 11.3 Å². The highest BCUT2D eigenvalue weighted by atomic mass is 32.1. The summed E-state index contributed by atoms with van der Waals surface area (Å²) in [5.41, 5.74) is 3.93. The van der Waals surface area contributed by atoms with Crippen LogP contribution in [0.3, 0.4) is 0 Å².